The Bertz CT molecular complexity index is 463. The Kier molecular flexibility index (Phi) is 4.65. The SMILES string of the molecule is CC[C@H](NC(=O)Nc1ccc(F)cc1C)C(=O)O. The zero-order valence-electron chi connectivity index (χ0n) is 10.2. The van der Waals surface area contributed by atoms with Gasteiger partial charge in [0.15, 0.2) is 0 Å². The van der Waals surface area contributed by atoms with Crippen molar-refractivity contribution in [1.82, 2.24) is 5.32 Å². The van der Waals surface area contributed by atoms with Crippen LogP contribution in [0, 0.1) is 12.7 Å². The second-order valence-electron chi connectivity index (χ2n) is 3.86. The number of carboxylic acid groups (broad SMARTS) is 1. The maximum absolute atomic E-state index is 12.8. The Morgan fingerprint density at radius 2 is 2.11 bits per heavy atom. The molecule has 1 aromatic carbocycles. The van der Waals surface area contributed by atoms with Crippen LogP contribution >= 0.6 is 0 Å². The number of hydrogen-bond donors (Lipinski definition) is 3. The van der Waals surface area contributed by atoms with Gasteiger partial charge in [0.1, 0.15) is 11.9 Å². The van der Waals surface area contributed by atoms with Gasteiger partial charge >= 0.3 is 12.0 Å². The molecule has 6 heteroatoms. The summed E-state index contributed by atoms with van der Waals surface area (Å²) in [4.78, 5) is 22.3. The van der Waals surface area contributed by atoms with Crippen molar-refractivity contribution in [3.05, 3.63) is 29.6 Å². The van der Waals surface area contributed by atoms with Gasteiger partial charge in [-0.25, -0.2) is 14.0 Å². The molecule has 0 aromatic heterocycles. The molecule has 1 aromatic rings. The van der Waals surface area contributed by atoms with Crippen LogP contribution in [0.4, 0.5) is 14.9 Å². The summed E-state index contributed by atoms with van der Waals surface area (Å²) in [7, 11) is 0. The normalized spacial score (nSPS) is 11.7. The standard InChI is InChI=1S/C12H15FN2O3/c1-3-9(11(16)17)14-12(18)15-10-5-4-8(13)6-7(10)2/h4-6,9H,3H2,1-2H3,(H,16,17)(H2,14,15,18)/t9-/m0/s1. The molecule has 0 radical (unpaired) electrons. The molecular formula is C12H15FN2O3. The maximum atomic E-state index is 12.8. The highest BCUT2D eigenvalue weighted by atomic mass is 19.1. The van der Waals surface area contributed by atoms with Crippen LogP contribution < -0.4 is 10.6 Å². The van der Waals surface area contributed by atoms with E-state index in [2.05, 4.69) is 10.6 Å². The van der Waals surface area contributed by atoms with Gasteiger partial charge in [0.2, 0.25) is 0 Å². The summed E-state index contributed by atoms with van der Waals surface area (Å²) in [5.41, 5.74) is 1.00. The Balaban J connectivity index is 2.67. The first kappa shape index (κ1) is 14.0. The highest BCUT2D eigenvalue weighted by Crippen LogP contribution is 2.15. The van der Waals surface area contributed by atoms with Crippen LogP contribution in [0.1, 0.15) is 18.9 Å². The molecule has 0 saturated carbocycles. The predicted octanol–water partition coefficient (Wildman–Crippen LogP) is 2.12. The Morgan fingerprint density at radius 1 is 1.44 bits per heavy atom. The van der Waals surface area contributed by atoms with Crippen molar-refractivity contribution in [2.75, 3.05) is 5.32 Å². The average Bonchev–Trinajstić information content (AvgIpc) is 2.29. The summed E-state index contributed by atoms with van der Waals surface area (Å²) in [6.45, 7) is 3.30. The first-order valence-electron chi connectivity index (χ1n) is 5.50. The van der Waals surface area contributed by atoms with Crippen molar-refractivity contribution in [1.29, 1.82) is 0 Å². The largest absolute Gasteiger partial charge is 0.480 e. The van der Waals surface area contributed by atoms with Crippen molar-refractivity contribution < 1.29 is 19.1 Å². The molecule has 2 amide bonds. The lowest BCUT2D eigenvalue weighted by Gasteiger charge is -2.14. The highest BCUT2D eigenvalue weighted by Gasteiger charge is 2.17. The van der Waals surface area contributed by atoms with Gasteiger partial charge in [-0.1, -0.05) is 6.92 Å². The van der Waals surface area contributed by atoms with E-state index in [0.717, 1.165) is 0 Å². The zero-order chi connectivity index (χ0) is 13.7. The van der Waals surface area contributed by atoms with Crippen molar-refractivity contribution in [3.8, 4) is 0 Å². The van der Waals surface area contributed by atoms with Crippen molar-refractivity contribution >= 4 is 17.7 Å². The van der Waals surface area contributed by atoms with Gasteiger partial charge in [-0.15, -0.1) is 0 Å². The lowest BCUT2D eigenvalue weighted by Crippen LogP contribution is -2.42. The molecule has 0 fully saturated rings. The molecule has 1 atom stereocenters. The van der Waals surface area contributed by atoms with E-state index in [9.17, 15) is 14.0 Å². The molecule has 0 aliphatic heterocycles. The zero-order valence-corrected chi connectivity index (χ0v) is 10.2. The number of carboxylic acids is 1. The number of rotatable bonds is 4. The fourth-order valence-electron chi connectivity index (χ4n) is 1.42. The van der Waals surface area contributed by atoms with E-state index in [0.29, 0.717) is 11.3 Å². The van der Waals surface area contributed by atoms with E-state index in [1.165, 1.54) is 18.2 Å². The summed E-state index contributed by atoms with van der Waals surface area (Å²) in [5.74, 6) is -1.49. The van der Waals surface area contributed by atoms with E-state index in [4.69, 9.17) is 5.11 Å². The second kappa shape index (κ2) is 6.00. The number of anilines is 1. The van der Waals surface area contributed by atoms with Crippen LogP contribution in [0.5, 0.6) is 0 Å². The number of urea groups is 1. The minimum Gasteiger partial charge on any atom is -0.480 e. The molecule has 0 aliphatic carbocycles. The molecule has 1 rings (SSSR count). The van der Waals surface area contributed by atoms with Gasteiger partial charge in [0, 0.05) is 5.69 Å². The number of benzene rings is 1. The van der Waals surface area contributed by atoms with Gasteiger partial charge < -0.3 is 15.7 Å². The monoisotopic (exact) mass is 254 g/mol. The minimum atomic E-state index is -1.09. The lowest BCUT2D eigenvalue weighted by molar-refractivity contribution is -0.139. The highest BCUT2D eigenvalue weighted by molar-refractivity contribution is 5.92. The summed E-state index contributed by atoms with van der Waals surface area (Å²) in [6.07, 6.45) is 0.283. The molecule has 3 N–H and O–H groups in total. The summed E-state index contributed by atoms with van der Waals surface area (Å²) < 4.78 is 12.8. The summed E-state index contributed by atoms with van der Waals surface area (Å²) >= 11 is 0. The van der Waals surface area contributed by atoms with E-state index < -0.39 is 23.9 Å². The number of carbonyl (C=O) groups is 2. The molecular weight excluding hydrogens is 239 g/mol. The van der Waals surface area contributed by atoms with Crippen LogP contribution in [0.3, 0.4) is 0 Å². The molecule has 0 bridgehead atoms. The first-order chi connectivity index (χ1) is 8.43. The third-order valence-corrected chi connectivity index (χ3v) is 2.45. The van der Waals surface area contributed by atoms with Crippen LogP contribution in [-0.4, -0.2) is 23.1 Å². The molecule has 0 aliphatic rings. The van der Waals surface area contributed by atoms with E-state index in [1.807, 2.05) is 0 Å². The van der Waals surface area contributed by atoms with Crippen LogP contribution in [0.15, 0.2) is 18.2 Å². The van der Waals surface area contributed by atoms with Gasteiger partial charge in [-0.3, -0.25) is 0 Å². The van der Waals surface area contributed by atoms with Crippen molar-refractivity contribution in [2.45, 2.75) is 26.3 Å². The number of nitrogens with one attached hydrogen (secondary N) is 2. The van der Waals surface area contributed by atoms with Crippen molar-refractivity contribution in [3.63, 3.8) is 0 Å². The smallest absolute Gasteiger partial charge is 0.326 e. The van der Waals surface area contributed by atoms with E-state index in [1.54, 1.807) is 13.8 Å². The molecule has 0 heterocycles. The van der Waals surface area contributed by atoms with Gasteiger partial charge in [-0.2, -0.15) is 0 Å². The average molecular weight is 254 g/mol. The summed E-state index contributed by atoms with van der Waals surface area (Å²) in [5, 5.41) is 13.6. The topological polar surface area (TPSA) is 78.4 Å². The molecule has 0 unspecified atom stereocenters. The molecule has 5 nitrogen and oxygen atoms in total. The van der Waals surface area contributed by atoms with Crippen LogP contribution in [-0.2, 0) is 4.79 Å². The predicted molar refractivity (Wildman–Crippen MR) is 65.0 cm³/mol. The van der Waals surface area contributed by atoms with Crippen LogP contribution in [0.25, 0.3) is 0 Å². The maximum Gasteiger partial charge on any atom is 0.326 e. The van der Waals surface area contributed by atoms with E-state index in [-0.39, 0.29) is 6.42 Å². The van der Waals surface area contributed by atoms with Gasteiger partial charge in [-0.05, 0) is 37.1 Å². The van der Waals surface area contributed by atoms with Gasteiger partial charge in [0.25, 0.3) is 0 Å². The minimum absolute atomic E-state index is 0.283. The van der Waals surface area contributed by atoms with E-state index >= 15 is 0 Å². The van der Waals surface area contributed by atoms with Crippen LogP contribution in [0.2, 0.25) is 0 Å². The molecule has 98 valence electrons. The fraction of sp³-hybridized carbons (Fsp3) is 0.333. The number of amides is 2. The molecule has 18 heavy (non-hydrogen) atoms. The first-order valence-corrected chi connectivity index (χ1v) is 5.50. The quantitative estimate of drug-likeness (QED) is 0.770. The number of carbonyl (C=O) groups excluding carboxylic acids is 1. The Hall–Kier alpha value is -2.11. The number of aryl methyl sites for hydroxylation is 1. The number of hydrogen-bond acceptors (Lipinski definition) is 2. The fourth-order valence-corrected chi connectivity index (χ4v) is 1.42. The van der Waals surface area contributed by atoms with Crippen molar-refractivity contribution in [2.24, 2.45) is 0 Å². The van der Waals surface area contributed by atoms with Gasteiger partial charge in [0.05, 0.1) is 0 Å². The molecule has 0 saturated heterocycles. The Morgan fingerprint density at radius 3 is 2.61 bits per heavy atom. The summed E-state index contributed by atoms with van der Waals surface area (Å²) in [6, 6.07) is 2.36. The third-order valence-electron chi connectivity index (χ3n) is 2.45. The lowest BCUT2D eigenvalue weighted by atomic mass is 10.2. The number of aliphatic carboxylic acids is 1. The Labute approximate surface area is 104 Å². The second-order valence-corrected chi connectivity index (χ2v) is 3.86. The number of halogens is 1. The molecule has 0 spiro atoms. The third kappa shape index (κ3) is 3.73.